The Morgan fingerprint density at radius 2 is 1.97 bits per heavy atom. The summed E-state index contributed by atoms with van der Waals surface area (Å²) in [4.78, 5) is 11.4. The summed E-state index contributed by atoms with van der Waals surface area (Å²) in [5.74, 6) is 0.537. The quantitative estimate of drug-likeness (QED) is 0.463. The lowest BCUT2D eigenvalue weighted by molar-refractivity contribution is 0.500. The average Bonchev–Trinajstić information content (AvgIpc) is 3.49. The van der Waals surface area contributed by atoms with Gasteiger partial charge in [-0.1, -0.05) is 0 Å². The highest BCUT2D eigenvalue weighted by Gasteiger charge is 2.19. The van der Waals surface area contributed by atoms with E-state index in [2.05, 4.69) is 14.7 Å². The summed E-state index contributed by atoms with van der Waals surface area (Å²) in [6.45, 7) is 2.24. The number of furan rings is 1. The van der Waals surface area contributed by atoms with Crippen molar-refractivity contribution in [2.45, 2.75) is 11.1 Å². The molecule has 158 valence electrons. The number of nitrogens with one attached hydrogen (secondary N) is 1. The number of nitrogens with two attached hydrogens (primary N) is 1. The molecule has 0 saturated carbocycles. The number of hydrogen-bond donors (Lipinski definition) is 2. The molecule has 3 N–H and O–H groups in total. The van der Waals surface area contributed by atoms with E-state index < -0.39 is 10.0 Å². The molecule has 0 amide bonds. The molecule has 31 heavy (non-hydrogen) atoms. The predicted molar refractivity (Wildman–Crippen MR) is 122 cm³/mol. The van der Waals surface area contributed by atoms with Crippen LogP contribution in [0.25, 0.3) is 16.4 Å². The Balaban J connectivity index is 1.35. The van der Waals surface area contributed by atoms with Crippen molar-refractivity contribution in [3.63, 3.8) is 0 Å². The third-order valence-corrected chi connectivity index (χ3v) is 8.47. The van der Waals surface area contributed by atoms with Crippen molar-refractivity contribution in [3.8, 4) is 10.6 Å². The van der Waals surface area contributed by atoms with Crippen molar-refractivity contribution < 1.29 is 12.8 Å². The van der Waals surface area contributed by atoms with Crippen LogP contribution >= 0.6 is 22.7 Å². The number of nitrogens with zero attached hydrogens (tertiary/aromatic N) is 3. The first-order chi connectivity index (χ1) is 14.9. The highest BCUT2D eigenvalue weighted by Crippen LogP contribution is 2.32. The number of fused-ring (bicyclic) bond motifs is 1. The van der Waals surface area contributed by atoms with Crippen LogP contribution in [0.5, 0.6) is 0 Å². The fourth-order valence-corrected chi connectivity index (χ4v) is 6.20. The molecule has 0 atom stereocenters. The number of aromatic nitrogens is 1. The molecule has 11 heteroatoms. The Morgan fingerprint density at radius 3 is 2.71 bits per heavy atom. The maximum absolute atomic E-state index is 12.8. The summed E-state index contributed by atoms with van der Waals surface area (Å²) < 4.78 is 33.8. The van der Waals surface area contributed by atoms with Crippen molar-refractivity contribution >= 4 is 49.9 Å². The maximum atomic E-state index is 12.8. The van der Waals surface area contributed by atoms with Gasteiger partial charge in [0.15, 0.2) is 0 Å². The summed E-state index contributed by atoms with van der Waals surface area (Å²) in [6.07, 6.45) is 1.55. The molecule has 0 spiro atoms. The largest absolute Gasteiger partial charge is 0.446 e. The number of sulfonamides is 1. The van der Waals surface area contributed by atoms with Gasteiger partial charge in [0, 0.05) is 16.8 Å². The Bertz CT molecular complexity index is 1480. The van der Waals surface area contributed by atoms with Gasteiger partial charge in [0.1, 0.15) is 16.7 Å². The third kappa shape index (κ3) is 3.71. The summed E-state index contributed by atoms with van der Waals surface area (Å²) >= 11 is 2.72. The zero-order valence-electron chi connectivity index (χ0n) is 16.3. The minimum absolute atomic E-state index is 0.233. The SMILES string of the molecule is Cc1nc(-c2ccc(S(=O)(=O)Nc3ccc(N4CN=c5occc5=C4N)cc3)s2)cs1. The van der Waals surface area contributed by atoms with Crippen molar-refractivity contribution in [3.05, 3.63) is 69.9 Å². The van der Waals surface area contributed by atoms with Gasteiger partial charge in [-0.15, -0.1) is 22.7 Å². The van der Waals surface area contributed by atoms with Gasteiger partial charge < -0.3 is 15.1 Å². The fraction of sp³-hybridized carbons (Fsp3) is 0.100. The van der Waals surface area contributed by atoms with E-state index in [0.717, 1.165) is 26.5 Å². The van der Waals surface area contributed by atoms with Crippen LogP contribution in [0.1, 0.15) is 5.01 Å². The van der Waals surface area contributed by atoms with Crippen LogP contribution in [-0.4, -0.2) is 20.1 Å². The minimum atomic E-state index is -3.70. The van der Waals surface area contributed by atoms with E-state index in [4.69, 9.17) is 10.2 Å². The highest BCUT2D eigenvalue weighted by molar-refractivity contribution is 7.94. The molecule has 5 rings (SSSR count). The van der Waals surface area contributed by atoms with Crippen molar-refractivity contribution in [1.82, 2.24) is 4.98 Å². The molecule has 0 aliphatic carbocycles. The van der Waals surface area contributed by atoms with Crippen LogP contribution in [0.4, 0.5) is 11.4 Å². The zero-order chi connectivity index (χ0) is 21.6. The van der Waals surface area contributed by atoms with E-state index in [1.54, 1.807) is 48.7 Å². The molecule has 1 aliphatic rings. The second kappa shape index (κ2) is 7.52. The number of benzene rings is 1. The average molecular weight is 472 g/mol. The number of hydrogen-bond acceptors (Lipinski definition) is 9. The van der Waals surface area contributed by atoms with Gasteiger partial charge in [0.05, 0.1) is 27.1 Å². The molecule has 0 unspecified atom stereocenters. The number of rotatable bonds is 5. The first-order valence-corrected chi connectivity index (χ1v) is 12.4. The molecule has 4 aromatic rings. The van der Waals surface area contributed by atoms with E-state index >= 15 is 0 Å². The second-order valence-corrected chi connectivity index (χ2v) is 10.8. The molecule has 0 bridgehead atoms. The molecular formula is C20H17N5O3S3. The number of anilines is 2. The number of thiazole rings is 1. The molecule has 1 aliphatic heterocycles. The van der Waals surface area contributed by atoms with Crippen LogP contribution in [0.15, 0.2) is 67.7 Å². The Kier molecular flexibility index (Phi) is 4.80. The lowest BCUT2D eigenvalue weighted by Crippen LogP contribution is -2.42. The molecular weight excluding hydrogens is 454 g/mol. The zero-order valence-corrected chi connectivity index (χ0v) is 18.7. The summed E-state index contributed by atoms with van der Waals surface area (Å²) in [5.41, 5.74) is 8.81. The molecule has 0 saturated heterocycles. The maximum Gasteiger partial charge on any atom is 0.271 e. The lowest BCUT2D eigenvalue weighted by atomic mass is 10.2. The normalized spacial score (nSPS) is 13.7. The lowest BCUT2D eigenvalue weighted by Gasteiger charge is -2.24. The van der Waals surface area contributed by atoms with Gasteiger partial charge in [-0.05, 0) is 49.4 Å². The van der Waals surface area contributed by atoms with E-state index in [-0.39, 0.29) is 4.21 Å². The van der Waals surface area contributed by atoms with Crippen LogP contribution < -0.4 is 26.1 Å². The molecule has 1 aromatic carbocycles. The molecule has 4 heterocycles. The predicted octanol–water partition coefficient (Wildman–Crippen LogP) is 2.70. The first kappa shape index (κ1) is 19.8. The van der Waals surface area contributed by atoms with Gasteiger partial charge >= 0.3 is 0 Å². The summed E-state index contributed by atoms with van der Waals surface area (Å²) in [6, 6.07) is 12.1. The minimum Gasteiger partial charge on any atom is -0.446 e. The van der Waals surface area contributed by atoms with E-state index in [1.165, 1.54) is 22.7 Å². The number of aryl methyl sites for hydroxylation is 1. The van der Waals surface area contributed by atoms with E-state index in [1.807, 2.05) is 17.2 Å². The first-order valence-electron chi connectivity index (χ1n) is 9.21. The monoisotopic (exact) mass is 471 g/mol. The molecule has 3 aromatic heterocycles. The van der Waals surface area contributed by atoms with Crippen LogP contribution in [0, 0.1) is 6.92 Å². The Morgan fingerprint density at radius 1 is 1.16 bits per heavy atom. The van der Waals surface area contributed by atoms with Crippen LogP contribution in [0.2, 0.25) is 0 Å². The Labute approximate surface area is 186 Å². The highest BCUT2D eigenvalue weighted by atomic mass is 32.2. The van der Waals surface area contributed by atoms with Gasteiger partial charge in [-0.3, -0.25) is 4.72 Å². The smallest absolute Gasteiger partial charge is 0.271 e. The van der Waals surface area contributed by atoms with Crippen molar-refractivity contribution in [2.75, 3.05) is 16.3 Å². The van der Waals surface area contributed by atoms with E-state index in [9.17, 15) is 8.42 Å². The summed E-state index contributed by atoms with van der Waals surface area (Å²) in [7, 11) is -3.70. The fourth-order valence-electron chi connectivity index (χ4n) is 3.19. The topological polar surface area (TPSA) is 114 Å². The molecule has 0 fully saturated rings. The van der Waals surface area contributed by atoms with Gasteiger partial charge in [-0.25, -0.2) is 18.4 Å². The van der Waals surface area contributed by atoms with Gasteiger partial charge in [-0.2, -0.15) is 0 Å². The van der Waals surface area contributed by atoms with Crippen molar-refractivity contribution in [1.29, 1.82) is 0 Å². The number of thiophene rings is 1. The van der Waals surface area contributed by atoms with E-state index in [0.29, 0.717) is 23.7 Å². The molecule has 0 radical (unpaired) electrons. The summed E-state index contributed by atoms with van der Waals surface area (Å²) in [5, 5.41) is 3.60. The second-order valence-electron chi connectivity index (χ2n) is 6.78. The third-order valence-electron chi connectivity index (χ3n) is 4.72. The van der Waals surface area contributed by atoms with Crippen LogP contribution in [-0.2, 0) is 10.0 Å². The standard InChI is InChI=1S/C20H17N5O3S3/c1-12-23-16(10-29-12)17-6-7-18(30-17)31(26,27)24-13-2-4-14(5-3-13)25-11-22-20-15(19(25)21)8-9-28-20/h2-10,24H,11,21H2,1H3. The molecule has 8 nitrogen and oxygen atoms in total. The van der Waals surface area contributed by atoms with Gasteiger partial charge in [0.2, 0.25) is 5.55 Å². The van der Waals surface area contributed by atoms with Crippen LogP contribution in [0.3, 0.4) is 0 Å². The Hall–Kier alpha value is -3.15. The van der Waals surface area contributed by atoms with Crippen molar-refractivity contribution in [2.24, 2.45) is 10.7 Å². The van der Waals surface area contributed by atoms with Gasteiger partial charge in [0.25, 0.3) is 10.0 Å².